The average molecular weight is 311 g/mol. The maximum absolute atomic E-state index is 12.0. The maximum Gasteiger partial charge on any atom is 0.408 e. The quantitative estimate of drug-likeness (QED) is 0.603. The molecule has 0 aromatic heterocycles. The molecule has 3 unspecified atom stereocenters. The summed E-state index contributed by atoms with van der Waals surface area (Å²) in [5.41, 5.74) is -0.555. The lowest BCUT2D eigenvalue weighted by atomic mass is 9.92. The van der Waals surface area contributed by atoms with E-state index >= 15 is 0 Å². The number of carbonyl (C=O) groups excluding carboxylic acids is 2. The van der Waals surface area contributed by atoms with Crippen molar-refractivity contribution >= 4 is 12.1 Å². The molecule has 0 saturated carbocycles. The highest BCUT2D eigenvalue weighted by atomic mass is 16.6. The van der Waals surface area contributed by atoms with E-state index in [9.17, 15) is 9.59 Å². The Kier molecular flexibility index (Phi) is 6.45. The molecule has 0 spiro atoms. The Morgan fingerprint density at radius 3 is 2.64 bits per heavy atom. The van der Waals surface area contributed by atoms with Crippen molar-refractivity contribution in [2.24, 2.45) is 11.8 Å². The molecule has 1 N–H and O–H groups in total. The first-order valence-electron chi connectivity index (χ1n) is 7.93. The highest BCUT2D eigenvalue weighted by molar-refractivity contribution is 5.74. The number of rotatable bonds is 6. The fourth-order valence-corrected chi connectivity index (χ4v) is 2.58. The van der Waals surface area contributed by atoms with Gasteiger partial charge in [-0.3, -0.25) is 4.79 Å². The minimum absolute atomic E-state index is 0.123. The molecule has 22 heavy (non-hydrogen) atoms. The minimum atomic E-state index is -0.555. The van der Waals surface area contributed by atoms with Crippen LogP contribution >= 0.6 is 0 Å². The maximum atomic E-state index is 12.0. The van der Waals surface area contributed by atoms with Crippen molar-refractivity contribution in [2.75, 3.05) is 0 Å². The van der Waals surface area contributed by atoms with E-state index in [2.05, 4.69) is 18.8 Å². The van der Waals surface area contributed by atoms with E-state index in [1.165, 1.54) is 0 Å². The SMILES string of the molecule is C=CCC(C)CC(NC(=O)OC(C)(C)C)[C@H]1CC(C)C(=O)O1. The molecule has 0 radical (unpaired) electrons. The number of hydrogen-bond acceptors (Lipinski definition) is 4. The van der Waals surface area contributed by atoms with Crippen LogP contribution in [0.25, 0.3) is 0 Å². The molecule has 1 heterocycles. The second kappa shape index (κ2) is 7.65. The second-order valence-corrected chi connectivity index (χ2v) is 7.23. The summed E-state index contributed by atoms with van der Waals surface area (Å²) in [7, 11) is 0. The van der Waals surface area contributed by atoms with Gasteiger partial charge in [-0.15, -0.1) is 6.58 Å². The van der Waals surface area contributed by atoms with Crippen LogP contribution in [0.1, 0.15) is 53.9 Å². The minimum Gasteiger partial charge on any atom is -0.460 e. The Morgan fingerprint density at radius 1 is 1.55 bits per heavy atom. The van der Waals surface area contributed by atoms with Gasteiger partial charge in [0.25, 0.3) is 0 Å². The first-order chi connectivity index (χ1) is 10.1. The van der Waals surface area contributed by atoms with E-state index in [0.717, 1.165) is 12.8 Å². The summed E-state index contributed by atoms with van der Waals surface area (Å²) in [6, 6.07) is -0.237. The molecule has 0 aromatic carbocycles. The van der Waals surface area contributed by atoms with Crippen molar-refractivity contribution in [2.45, 2.75) is 71.6 Å². The van der Waals surface area contributed by atoms with Crippen molar-refractivity contribution in [3.05, 3.63) is 12.7 Å². The van der Waals surface area contributed by atoms with E-state index in [1.54, 1.807) is 0 Å². The smallest absolute Gasteiger partial charge is 0.408 e. The Hall–Kier alpha value is -1.52. The fourth-order valence-electron chi connectivity index (χ4n) is 2.58. The molecule has 1 amide bonds. The zero-order valence-electron chi connectivity index (χ0n) is 14.3. The van der Waals surface area contributed by atoms with Gasteiger partial charge >= 0.3 is 12.1 Å². The van der Waals surface area contributed by atoms with Crippen LogP contribution in [0.4, 0.5) is 4.79 Å². The van der Waals surface area contributed by atoms with Crippen molar-refractivity contribution in [3.8, 4) is 0 Å². The van der Waals surface area contributed by atoms with Crippen LogP contribution in [0.5, 0.6) is 0 Å². The zero-order chi connectivity index (χ0) is 16.9. The second-order valence-electron chi connectivity index (χ2n) is 7.23. The number of carbonyl (C=O) groups is 2. The number of cyclic esters (lactones) is 1. The van der Waals surface area contributed by atoms with E-state index in [-0.39, 0.29) is 24.0 Å². The zero-order valence-corrected chi connectivity index (χ0v) is 14.3. The van der Waals surface area contributed by atoms with Gasteiger partial charge in [-0.2, -0.15) is 0 Å². The molecule has 1 aliphatic rings. The standard InChI is InChI=1S/C17H29NO4/c1-7-8-11(2)9-13(14-10-12(3)15(19)21-14)18-16(20)22-17(4,5)6/h7,11-14H,1,8-10H2,2-6H3,(H,18,20)/t11?,12?,13?,14-/m1/s1. The van der Waals surface area contributed by atoms with Crippen LogP contribution in [0, 0.1) is 11.8 Å². The van der Waals surface area contributed by atoms with Crippen LogP contribution in [-0.2, 0) is 14.3 Å². The van der Waals surface area contributed by atoms with Crippen LogP contribution < -0.4 is 5.32 Å². The molecule has 4 atom stereocenters. The highest BCUT2D eigenvalue weighted by Gasteiger charge is 2.38. The summed E-state index contributed by atoms with van der Waals surface area (Å²) in [5, 5.41) is 2.87. The lowest BCUT2D eigenvalue weighted by Crippen LogP contribution is -2.46. The predicted octanol–water partition coefficient (Wildman–Crippen LogP) is 3.43. The van der Waals surface area contributed by atoms with Gasteiger partial charge in [0.05, 0.1) is 12.0 Å². The van der Waals surface area contributed by atoms with Gasteiger partial charge < -0.3 is 14.8 Å². The van der Waals surface area contributed by atoms with Crippen molar-refractivity contribution in [3.63, 3.8) is 0 Å². The molecule has 126 valence electrons. The summed E-state index contributed by atoms with van der Waals surface area (Å²) < 4.78 is 10.7. The van der Waals surface area contributed by atoms with Gasteiger partial charge in [0.1, 0.15) is 11.7 Å². The van der Waals surface area contributed by atoms with Gasteiger partial charge in [0, 0.05) is 0 Å². The first kappa shape index (κ1) is 18.5. The summed E-state index contributed by atoms with van der Waals surface area (Å²) in [6.07, 6.45) is 3.29. The molecule has 0 bridgehead atoms. The lowest BCUT2D eigenvalue weighted by molar-refractivity contribution is -0.145. The number of amides is 1. The molecule has 1 rings (SSSR count). The van der Waals surface area contributed by atoms with Gasteiger partial charge in [-0.1, -0.05) is 19.9 Å². The molecular formula is C17H29NO4. The summed E-state index contributed by atoms with van der Waals surface area (Å²) in [4.78, 5) is 23.7. The number of esters is 1. The molecule has 1 saturated heterocycles. The first-order valence-corrected chi connectivity index (χ1v) is 7.93. The van der Waals surface area contributed by atoms with Crippen LogP contribution in [0.15, 0.2) is 12.7 Å². The van der Waals surface area contributed by atoms with Crippen LogP contribution in [0.2, 0.25) is 0 Å². The topological polar surface area (TPSA) is 64.6 Å². The number of alkyl carbamates (subject to hydrolysis) is 1. The Labute approximate surface area is 133 Å². The Bertz CT molecular complexity index is 413. The third-order valence-corrected chi connectivity index (χ3v) is 3.63. The fraction of sp³-hybridized carbons (Fsp3) is 0.765. The molecule has 5 nitrogen and oxygen atoms in total. The predicted molar refractivity (Wildman–Crippen MR) is 85.4 cm³/mol. The van der Waals surface area contributed by atoms with E-state index in [4.69, 9.17) is 9.47 Å². The monoisotopic (exact) mass is 311 g/mol. The molecule has 5 heteroatoms. The molecule has 1 aliphatic heterocycles. The molecule has 1 fully saturated rings. The van der Waals surface area contributed by atoms with Crippen LogP contribution in [0.3, 0.4) is 0 Å². The third kappa shape index (κ3) is 6.08. The highest BCUT2D eigenvalue weighted by Crippen LogP contribution is 2.26. The molecule has 0 aliphatic carbocycles. The normalized spacial score (nSPS) is 24.3. The van der Waals surface area contributed by atoms with Crippen molar-refractivity contribution < 1.29 is 19.1 Å². The average Bonchev–Trinajstić information content (AvgIpc) is 2.66. The van der Waals surface area contributed by atoms with Crippen molar-refractivity contribution in [1.29, 1.82) is 0 Å². The number of ether oxygens (including phenoxy) is 2. The summed E-state index contributed by atoms with van der Waals surface area (Å²) in [6.45, 7) is 13.1. The summed E-state index contributed by atoms with van der Waals surface area (Å²) >= 11 is 0. The van der Waals surface area contributed by atoms with Gasteiger partial charge in [-0.25, -0.2) is 4.79 Å². The largest absolute Gasteiger partial charge is 0.460 e. The molecular weight excluding hydrogens is 282 g/mol. The van der Waals surface area contributed by atoms with Gasteiger partial charge in [0.15, 0.2) is 0 Å². The van der Waals surface area contributed by atoms with Gasteiger partial charge in [0.2, 0.25) is 0 Å². The van der Waals surface area contributed by atoms with E-state index in [0.29, 0.717) is 12.3 Å². The number of hydrogen-bond donors (Lipinski definition) is 1. The Balaban J connectivity index is 2.71. The van der Waals surface area contributed by atoms with E-state index in [1.807, 2.05) is 33.8 Å². The van der Waals surface area contributed by atoms with Crippen molar-refractivity contribution in [1.82, 2.24) is 5.32 Å². The number of allylic oxidation sites excluding steroid dienone is 1. The number of nitrogens with one attached hydrogen (secondary N) is 1. The van der Waals surface area contributed by atoms with Gasteiger partial charge in [-0.05, 0) is 46.0 Å². The van der Waals surface area contributed by atoms with Crippen LogP contribution in [-0.4, -0.2) is 29.8 Å². The molecule has 0 aromatic rings. The lowest BCUT2D eigenvalue weighted by Gasteiger charge is -2.28. The third-order valence-electron chi connectivity index (χ3n) is 3.63. The Morgan fingerprint density at radius 2 is 2.18 bits per heavy atom. The van der Waals surface area contributed by atoms with E-state index < -0.39 is 11.7 Å². The summed E-state index contributed by atoms with van der Waals surface area (Å²) in [5.74, 6) is 0.0204.